The highest BCUT2D eigenvalue weighted by Crippen LogP contribution is 2.44. The van der Waals surface area contributed by atoms with Crippen LogP contribution in [0.15, 0.2) is 82.8 Å². The molecule has 1 aliphatic heterocycles. The van der Waals surface area contributed by atoms with E-state index in [1.807, 2.05) is 35.9 Å². The maximum atomic E-state index is 13.4. The normalized spacial score (nSPS) is 21.5. The zero-order valence-corrected chi connectivity index (χ0v) is 18.8. The van der Waals surface area contributed by atoms with E-state index in [1.165, 1.54) is 22.9 Å². The number of aryl methyl sites for hydroxylation is 1. The zero-order chi connectivity index (χ0) is 21.9. The lowest BCUT2D eigenvalue weighted by Gasteiger charge is -2.29. The van der Waals surface area contributed by atoms with Crippen molar-refractivity contribution < 1.29 is 4.79 Å². The number of hydrogen-bond donors (Lipinski definition) is 0. The van der Waals surface area contributed by atoms with Crippen LogP contribution in [-0.2, 0) is 11.8 Å². The number of fused-ring (bicyclic) bond motifs is 1. The van der Waals surface area contributed by atoms with E-state index in [-0.39, 0.29) is 23.6 Å². The molecule has 0 saturated heterocycles. The molecule has 0 N–H and O–H groups in total. The molecular weight excluding hydrogens is 418 g/mol. The lowest BCUT2D eigenvalue weighted by molar-refractivity contribution is -0.130. The molecule has 7 heteroatoms. The SMILES string of the molecule is Cn1cnnc1SCC(=O)N1N=C2C(=Cc3ccccc3)CCCC2C1c1ccccc1. The van der Waals surface area contributed by atoms with Crippen LogP contribution in [-0.4, -0.2) is 37.1 Å². The Labute approximate surface area is 192 Å². The molecule has 6 nitrogen and oxygen atoms in total. The second-order valence-corrected chi connectivity index (χ2v) is 9.11. The lowest BCUT2D eigenvalue weighted by atomic mass is 9.77. The number of rotatable bonds is 5. The molecule has 2 aromatic carbocycles. The Bertz CT molecular complexity index is 1160. The summed E-state index contributed by atoms with van der Waals surface area (Å²) < 4.78 is 1.82. The highest BCUT2D eigenvalue weighted by Gasteiger charge is 2.43. The second kappa shape index (κ2) is 9.12. The summed E-state index contributed by atoms with van der Waals surface area (Å²) in [6, 6.07) is 20.6. The van der Waals surface area contributed by atoms with Gasteiger partial charge in [0.25, 0.3) is 5.91 Å². The van der Waals surface area contributed by atoms with Crippen LogP contribution >= 0.6 is 11.8 Å². The Morgan fingerprint density at radius 3 is 2.59 bits per heavy atom. The number of hydrogen-bond acceptors (Lipinski definition) is 5. The van der Waals surface area contributed by atoms with Crippen molar-refractivity contribution in [2.24, 2.45) is 18.1 Å². The number of amides is 1. The second-order valence-electron chi connectivity index (χ2n) is 8.17. The summed E-state index contributed by atoms with van der Waals surface area (Å²) in [4.78, 5) is 13.4. The topological polar surface area (TPSA) is 63.4 Å². The molecule has 32 heavy (non-hydrogen) atoms. The Morgan fingerprint density at radius 2 is 1.88 bits per heavy atom. The van der Waals surface area contributed by atoms with Gasteiger partial charge < -0.3 is 4.57 Å². The molecular formula is C25H25N5OS. The van der Waals surface area contributed by atoms with Crippen LogP contribution in [0.5, 0.6) is 0 Å². The van der Waals surface area contributed by atoms with Gasteiger partial charge in [0.1, 0.15) is 6.33 Å². The van der Waals surface area contributed by atoms with E-state index < -0.39 is 0 Å². The highest BCUT2D eigenvalue weighted by atomic mass is 32.2. The maximum absolute atomic E-state index is 13.4. The minimum atomic E-state index is -0.0710. The van der Waals surface area contributed by atoms with Gasteiger partial charge in [0.05, 0.1) is 17.5 Å². The van der Waals surface area contributed by atoms with E-state index in [0.717, 1.165) is 35.7 Å². The summed E-state index contributed by atoms with van der Waals surface area (Å²) in [7, 11) is 1.88. The Morgan fingerprint density at radius 1 is 1.12 bits per heavy atom. The van der Waals surface area contributed by atoms with Crippen molar-refractivity contribution in [1.82, 2.24) is 19.8 Å². The fourth-order valence-electron chi connectivity index (χ4n) is 4.54. The molecule has 1 aromatic heterocycles. The Balaban J connectivity index is 1.47. The molecule has 1 saturated carbocycles. The number of carbonyl (C=O) groups is 1. The summed E-state index contributed by atoms with van der Waals surface area (Å²) >= 11 is 1.40. The van der Waals surface area contributed by atoms with E-state index in [2.05, 4.69) is 52.7 Å². The first-order chi connectivity index (χ1) is 15.7. The van der Waals surface area contributed by atoms with Crippen molar-refractivity contribution in [2.45, 2.75) is 30.5 Å². The van der Waals surface area contributed by atoms with Crippen LogP contribution in [0, 0.1) is 5.92 Å². The number of benzene rings is 2. The van der Waals surface area contributed by atoms with Crippen molar-refractivity contribution in [1.29, 1.82) is 0 Å². The monoisotopic (exact) mass is 443 g/mol. The van der Waals surface area contributed by atoms with E-state index >= 15 is 0 Å². The molecule has 0 spiro atoms. The molecule has 0 radical (unpaired) electrons. The van der Waals surface area contributed by atoms with E-state index in [0.29, 0.717) is 0 Å². The molecule has 1 fully saturated rings. The average Bonchev–Trinajstić information content (AvgIpc) is 3.43. The van der Waals surface area contributed by atoms with Crippen LogP contribution in [0.2, 0.25) is 0 Å². The van der Waals surface area contributed by atoms with Gasteiger partial charge in [0.2, 0.25) is 0 Å². The number of thioether (sulfide) groups is 1. The van der Waals surface area contributed by atoms with Gasteiger partial charge in [0.15, 0.2) is 5.16 Å². The predicted molar refractivity (Wildman–Crippen MR) is 127 cm³/mol. The van der Waals surface area contributed by atoms with Crippen molar-refractivity contribution in [3.8, 4) is 0 Å². The van der Waals surface area contributed by atoms with Gasteiger partial charge in [-0.05, 0) is 42.0 Å². The maximum Gasteiger partial charge on any atom is 0.253 e. The highest BCUT2D eigenvalue weighted by molar-refractivity contribution is 7.99. The summed E-state index contributed by atoms with van der Waals surface area (Å²) in [5.41, 5.74) is 4.61. The molecule has 0 bridgehead atoms. The molecule has 2 aliphatic rings. The van der Waals surface area contributed by atoms with Gasteiger partial charge in [-0.1, -0.05) is 72.4 Å². The number of carbonyl (C=O) groups excluding carboxylic acids is 1. The first-order valence-electron chi connectivity index (χ1n) is 10.9. The first kappa shape index (κ1) is 20.7. The Kier molecular flexibility index (Phi) is 5.90. The van der Waals surface area contributed by atoms with Crippen LogP contribution < -0.4 is 0 Å². The van der Waals surface area contributed by atoms with Gasteiger partial charge in [-0.2, -0.15) is 5.10 Å². The fraction of sp³-hybridized carbons (Fsp3) is 0.280. The van der Waals surface area contributed by atoms with Crippen molar-refractivity contribution in [3.63, 3.8) is 0 Å². The molecule has 2 heterocycles. The van der Waals surface area contributed by atoms with Crippen molar-refractivity contribution >= 4 is 29.5 Å². The molecule has 1 amide bonds. The quantitative estimate of drug-likeness (QED) is 0.535. The Hall–Kier alpha value is -3.19. The standard InChI is InChI=1S/C25H25N5OS/c1-29-17-26-27-25(29)32-16-22(31)30-24(19-11-6-3-7-12-19)21-14-8-13-20(23(21)28-30)15-18-9-4-2-5-10-18/h2-7,9-12,15,17,21,24H,8,13-14,16H2,1H3. The molecule has 162 valence electrons. The van der Waals surface area contributed by atoms with Crippen LogP contribution in [0.3, 0.4) is 0 Å². The predicted octanol–water partition coefficient (Wildman–Crippen LogP) is 4.73. The smallest absolute Gasteiger partial charge is 0.253 e. The van der Waals surface area contributed by atoms with E-state index in [9.17, 15) is 4.79 Å². The van der Waals surface area contributed by atoms with Gasteiger partial charge in [-0.15, -0.1) is 10.2 Å². The third-order valence-corrected chi connectivity index (χ3v) is 7.05. The summed E-state index contributed by atoms with van der Waals surface area (Å²) in [6.45, 7) is 0. The van der Waals surface area contributed by atoms with Crippen LogP contribution in [0.1, 0.15) is 36.4 Å². The molecule has 3 aromatic rings. The third-order valence-electron chi connectivity index (χ3n) is 6.03. The minimum absolute atomic E-state index is 0.00665. The largest absolute Gasteiger partial charge is 0.312 e. The van der Waals surface area contributed by atoms with Gasteiger partial charge in [0, 0.05) is 13.0 Å². The number of allylic oxidation sites excluding steroid dienone is 1. The molecule has 2 unspecified atom stereocenters. The number of hydrazone groups is 1. The minimum Gasteiger partial charge on any atom is -0.312 e. The van der Waals surface area contributed by atoms with Crippen LogP contribution in [0.25, 0.3) is 6.08 Å². The van der Waals surface area contributed by atoms with E-state index in [4.69, 9.17) is 5.10 Å². The summed E-state index contributed by atoms with van der Waals surface area (Å²) in [6.07, 6.45) is 6.99. The molecule has 1 aliphatic carbocycles. The van der Waals surface area contributed by atoms with Crippen LogP contribution in [0.4, 0.5) is 0 Å². The van der Waals surface area contributed by atoms with Crippen molar-refractivity contribution in [2.75, 3.05) is 5.75 Å². The van der Waals surface area contributed by atoms with Gasteiger partial charge in [-0.3, -0.25) is 4.79 Å². The lowest BCUT2D eigenvalue weighted by Crippen LogP contribution is -2.32. The van der Waals surface area contributed by atoms with Gasteiger partial charge in [-0.25, -0.2) is 5.01 Å². The first-order valence-corrected chi connectivity index (χ1v) is 11.9. The molecule has 2 atom stereocenters. The third kappa shape index (κ3) is 4.12. The average molecular weight is 444 g/mol. The zero-order valence-electron chi connectivity index (χ0n) is 18.0. The van der Waals surface area contributed by atoms with Crippen molar-refractivity contribution in [3.05, 3.63) is 83.7 Å². The fourth-order valence-corrected chi connectivity index (χ4v) is 5.28. The van der Waals surface area contributed by atoms with E-state index in [1.54, 1.807) is 11.3 Å². The molecule has 5 rings (SSSR count). The summed E-state index contributed by atoms with van der Waals surface area (Å²) in [5.74, 6) is 0.481. The number of aromatic nitrogens is 3. The van der Waals surface area contributed by atoms with Gasteiger partial charge >= 0.3 is 0 Å². The summed E-state index contributed by atoms with van der Waals surface area (Å²) in [5, 5.41) is 15.4. The number of nitrogens with zero attached hydrogens (tertiary/aromatic N) is 5.